The molecule has 0 aliphatic carbocycles. The minimum Gasteiger partial charge on any atom is -0.338 e. The second kappa shape index (κ2) is 6.17. The largest absolute Gasteiger partial charge is 0.338 e. The van der Waals surface area contributed by atoms with Crippen molar-refractivity contribution in [3.63, 3.8) is 0 Å². The molecule has 2 aliphatic heterocycles. The fraction of sp³-hybridized carbons (Fsp3) is 0.333. The average Bonchev–Trinajstić information content (AvgIpc) is 3.15. The van der Waals surface area contributed by atoms with Crippen LogP contribution < -0.4 is 0 Å². The third-order valence-corrected chi connectivity index (χ3v) is 5.92. The van der Waals surface area contributed by atoms with Crippen molar-refractivity contribution in [3.05, 3.63) is 64.9 Å². The molecule has 4 rings (SSSR count). The molecule has 0 saturated carbocycles. The lowest BCUT2D eigenvalue weighted by Crippen LogP contribution is -2.35. The van der Waals surface area contributed by atoms with Gasteiger partial charge in [-0.2, -0.15) is 0 Å². The van der Waals surface area contributed by atoms with Gasteiger partial charge in [0.05, 0.1) is 11.7 Å². The molecule has 0 bridgehead atoms. The Balaban J connectivity index is 1.78. The summed E-state index contributed by atoms with van der Waals surface area (Å²) in [5, 5.41) is 1.93. The molecule has 1 aromatic heterocycles. The van der Waals surface area contributed by atoms with Gasteiger partial charge in [-0.3, -0.25) is 9.98 Å². The molecule has 3 nitrogen and oxygen atoms in total. The molecular weight excluding hydrogens is 326 g/mol. The zero-order valence-electron chi connectivity index (χ0n) is 12.9. The normalized spacial score (nSPS) is 26.3. The third-order valence-electron chi connectivity index (χ3n) is 4.54. The predicted octanol–water partition coefficient (Wildman–Crippen LogP) is 4.71. The fourth-order valence-corrected chi connectivity index (χ4v) is 4.83. The van der Waals surface area contributed by atoms with Gasteiger partial charge in [0, 0.05) is 23.0 Å². The van der Waals surface area contributed by atoms with Crippen molar-refractivity contribution in [2.45, 2.75) is 31.5 Å². The number of nitrogens with zero attached hydrogens (tertiary/aromatic N) is 3. The van der Waals surface area contributed by atoms with Crippen LogP contribution in [0.5, 0.6) is 0 Å². The van der Waals surface area contributed by atoms with Crippen LogP contribution in [0.1, 0.15) is 36.7 Å². The van der Waals surface area contributed by atoms with E-state index in [0.717, 1.165) is 28.1 Å². The Hall–Kier alpha value is -1.52. The van der Waals surface area contributed by atoms with Gasteiger partial charge in [-0.05, 0) is 36.2 Å². The minimum absolute atomic E-state index is 0.0502. The summed E-state index contributed by atoms with van der Waals surface area (Å²) in [6, 6.07) is 15.0. The molecule has 5 heteroatoms. The van der Waals surface area contributed by atoms with Gasteiger partial charge in [0.25, 0.3) is 0 Å². The molecule has 1 aromatic carbocycles. The third kappa shape index (κ3) is 2.64. The standard InChI is InChI=1S/C18H18ClN3S/c1-2-14-11-23-18-21-16(15-5-3-4-10-20-15)17(22(14)18)12-6-8-13(19)9-7-12/h3-10,14,16-17H,2,11H2,1H3/t14-,16-,17+/m0/s1. The first-order valence-corrected chi connectivity index (χ1v) is 9.29. The van der Waals surface area contributed by atoms with E-state index >= 15 is 0 Å². The van der Waals surface area contributed by atoms with Crippen molar-refractivity contribution in [1.29, 1.82) is 0 Å². The number of thioether (sulfide) groups is 1. The Morgan fingerprint density at radius 1 is 1.22 bits per heavy atom. The molecule has 1 fully saturated rings. The molecule has 3 atom stereocenters. The van der Waals surface area contributed by atoms with Crippen LogP contribution in [-0.2, 0) is 0 Å². The van der Waals surface area contributed by atoms with Gasteiger partial charge in [0.1, 0.15) is 6.04 Å². The van der Waals surface area contributed by atoms with Crippen molar-refractivity contribution in [2.24, 2.45) is 4.99 Å². The van der Waals surface area contributed by atoms with Crippen molar-refractivity contribution in [3.8, 4) is 0 Å². The van der Waals surface area contributed by atoms with Crippen LogP contribution >= 0.6 is 23.4 Å². The number of amidine groups is 1. The summed E-state index contributed by atoms with van der Waals surface area (Å²) in [4.78, 5) is 12.1. The first kappa shape index (κ1) is 15.0. The van der Waals surface area contributed by atoms with Crippen molar-refractivity contribution in [1.82, 2.24) is 9.88 Å². The number of fused-ring (bicyclic) bond motifs is 1. The molecule has 23 heavy (non-hydrogen) atoms. The van der Waals surface area contributed by atoms with Crippen molar-refractivity contribution >= 4 is 28.5 Å². The van der Waals surface area contributed by atoms with Gasteiger partial charge in [-0.15, -0.1) is 0 Å². The summed E-state index contributed by atoms with van der Waals surface area (Å²) in [6.07, 6.45) is 2.98. The van der Waals surface area contributed by atoms with Gasteiger partial charge in [-0.1, -0.05) is 48.5 Å². The lowest BCUT2D eigenvalue weighted by molar-refractivity contribution is 0.255. The highest BCUT2D eigenvalue weighted by atomic mass is 35.5. The van der Waals surface area contributed by atoms with Crippen molar-refractivity contribution in [2.75, 3.05) is 5.75 Å². The lowest BCUT2D eigenvalue weighted by Gasteiger charge is -2.31. The fourth-order valence-electron chi connectivity index (χ4n) is 3.37. The zero-order valence-corrected chi connectivity index (χ0v) is 14.5. The molecule has 1 saturated heterocycles. The second-order valence-electron chi connectivity index (χ2n) is 5.89. The molecule has 0 spiro atoms. The summed E-state index contributed by atoms with van der Waals surface area (Å²) in [6.45, 7) is 2.25. The molecule has 3 heterocycles. The number of hydrogen-bond acceptors (Lipinski definition) is 4. The van der Waals surface area contributed by atoms with Gasteiger partial charge < -0.3 is 4.90 Å². The van der Waals surface area contributed by atoms with Crippen LogP contribution in [0, 0.1) is 0 Å². The Labute approximate surface area is 145 Å². The van der Waals surface area contributed by atoms with Crippen LogP contribution in [0.4, 0.5) is 0 Å². The number of benzene rings is 1. The molecule has 2 aromatic rings. The molecule has 0 radical (unpaired) electrons. The Morgan fingerprint density at radius 3 is 2.74 bits per heavy atom. The van der Waals surface area contributed by atoms with E-state index in [4.69, 9.17) is 16.6 Å². The highest BCUT2D eigenvalue weighted by Gasteiger charge is 2.45. The van der Waals surface area contributed by atoms with E-state index in [2.05, 4.69) is 35.0 Å². The number of rotatable bonds is 3. The Morgan fingerprint density at radius 2 is 2.04 bits per heavy atom. The Bertz CT molecular complexity index is 717. The predicted molar refractivity (Wildman–Crippen MR) is 97.0 cm³/mol. The van der Waals surface area contributed by atoms with Crippen molar-refractivity contribution < 1.29 is 0 Å². The number of pyridine rings is 1. The molecule has 118 valence electrons. The number of hydrogen-bond donors (Lipinski definition) is 0. The smallest absolute Gasteiger partial charge is 0.160 e. The summed E-state index contributed by atoms with van der Waals surface area (Å²) in [5.41, 5.74) is 2.29. The first-order valence-electron chi connectivity index (χ1n) is 7.93. The highest BCUT2D eigenvalue weighted by Crippen LogP contribution is 2.48. The van der Waals surface area contributed by atoms with E-state index in [-0.39, 0.29) is 12.1 Å². The summed E-state index contributed by atoms with van der Waals surface area (Å²) in [7, 11) is 0. The van der Waals surface area contributed by atoms with E-state index in [9.17, 15) is 0 Å². The molecule has 0 amide bonds. The van der Waals surface area contributed by atoms with Gasteiger partial charge in [-0.25, -0.2) is 0 Å². The maximum absolute atomic E-state index is 6.08. The van der Waals surface area contributed by atoms with Gasteiger partial charge >= 0.3 is 0 Å². The van der Waals surface area contributed by atoms with E-state index in [1.807, 2.05) is 42.2 Å². The van der Waals surface area contributed by atoms with E-state index < -0.39 is 0 Å². The quantitative estimate of drug-likeness (QED) is 0.807. The molecule has 0 unspecified atom stereocenters. The van der Waals surface area contributed by atoms with Crippen LogP contribution in [0.2, 0.25) is 5.02 Å². The molecule has 2 aliphatic rings. The maximum atomic E-state index is 6.08. The lowest BCUT2D eigenvalue weighted by atomic mass is 9.95. The van der Waals surface area contributed by atoms with Crippen LogP contribution in [0.3, 0.4) is 0 Å². The molecular formula is C18H18ClN3S. The SMILES string of the molecule is CC[C@H]1CSC2=N[C@@H](c3ccccn3)[C@@H](c3ccc(Cl)cc3)N21. The van der Waals surface area contributed by atoms with Crippen LogP contribution in [0.15, 0.2) is 53.7 Å². The van der Waals surface area contributed by atoms with E-state index in [1.54, 1.807) is 0 Å². The van der Waals surface area contributed by atoms with Crippen LogP contribution in [-0.4, -0.2) is 26.8 Å². The zero-order chi connectivity index (χ0) is 15.8. The van der Waals surface area contributed by atoms with E-state index in [0.29, 0.717) is 6.04 Å². The van der Waals surface area contributed by atoms with Crippen LogP contribution in [0.25, 0.3) is 0 Å². The number of aliphatic imine (C=N–C) groups is 1. The molecule has 0 N–H and O–H groups in total. The average molecular weight is 344 g/mol. The van der Waals surface area contributed by atoms with E-state index in [1.165, 1.54) is 5.56 Å². The summed E-state index contributed by atoms with van der Waals surface area (Å²) < 4.78 is 0. The summed E-state index contributed by atoms with van der Waals surface area (Å²) in [5.74, 6) is 1.12. The summed E-state index contributed by atoms with van der Waals surface area (Å²) >= 11 is 7.95. The minimum atomic E-state index is 0.0502. The highest BCUT2D eigenvalue weighted by molar-refractivity contribution is 8.14. The number of halogens is 1. The topological polar surface area (TPSA) is 28.5 Å². The monoisotopic (exact) mass is 343 g/mol. The maximum Gasteiger partial charge on any atom is 0.160 e. The Kier molecular flexibility index (Phi) is 4.04. The van der Waals surface area contributed by atoms with Gasteiger partial charge in [0.15, 0.2) is 5.17 Å². The second-order valence-corrected chi connectivity index (χ2v) is 7.31. The number of aromatic nitrogens is 1. The van der Waals surface area contributed by atoms with Gasteiger partial charge in [0.2, 0.25) is 0 Å². The first-order chi connectivity index (χ1) is 11.3.